The molecule has 0 saturated carbocycles. The number of nitrogens with zero attached hydrogens (tertiary/aromatic N) is 2. The van der Waals surface area contributed by atoms with Crippen molar-refractivity contribution >= 4 is 21.6 Å². The number of hydrogen-bond donors (Lipinski definition) is 1. The van der Waals surface area contributed by atoms with E-state index in [9.17, 15) is 4.79 Å². The Bertz CT molecular complexity index is 1190. The number of fused-ring (bicyclic) bond motifs is 1. The number of aromatic amines is 1. The van der Waals surface area contributed by atoms with E-state index in [4.69, 9.17) is 9.47 Å². The molecular weight excluding hydrogens is 386 g/mol. The molecule has 6 nitrogen and oxygen atoms in total. The summed E-state index contributed by atoms with van der Waals surface area (Å²) in [7, 11) is 1.64. The van der Waals surface area contributed by atoms with Crippen molar-refractivity contribution in [3.05, 3.63) is 75.7 Å². The summed E-state index contributed by atoms with van der Waals surface area (Å²) in [6, 6.07) is 15.4. The van der Waals surface area contributed by atoms with Crippen LogP contribution in [0.5, 0.6) is 11.6 Å². The zero-order valence-corrected chi connectivity index (χ0v) is 17.6. The lowest BCUT2D eigenvalue weighted by atomic mass is 9.99. The topological polar surface area (TPSA) is 69.1 Å². The number of nitrogens with one attached hydrogen (secondary N) is 1. The summed E-state index contributed by atoms with van der Waals surface area (Å²) < 4.78 is 14.2. The maximum atomic E-state index is 13.5. The van der Waals surface area contributed by atoms with Crippen LogP contribution in [-0.2, 0) is 0 Å². The number of hydrogen-bond acceptors (Lipinski definition) is 5. The summed E-state index contributed by atoms with van der Waals surface area (Å²) >= 11 is 1.38. The van der Waals surface area contributed by atoms with E-state index in [2.05, 4.69) is 24.0 Å². The molecular formula is C22H23N3O3S. The van der Waals surface area contributed by atoms with Crippen molar-refractivity contribution in [1.82, 2.24) is 14.2 Å². The van der Waals surface area contributed by atoms with Crippen molar-refractivity contribution in [3.63, 3.8) is 0 Å². The van der Waals surface area contributed by atoms with E-state index in [0.29, 0.717) is 11.3 Å². The second-order valence-electron chi connectivity index (χ2n) is 7.24. The van der Waals surface area contributed by atoms with Gasteiger partial charge in [-0.3, -0.25) is 9.89 Å². The first-order valence-electron chi connectivity index (χ1n) is 9.45. The minimum atomic E-state index is -0.616. The summed E-state index contributed by atoms with van der Waals surface area (Å²) in [4.78, 5) is 13.5. The van der Waals surface area contributed by atoms with E-state index in [1.54, 1.807) is 11.1 Å². The van der Waals surface area contributed by atoms with Gasteiger partial charge in [0.15, 0.2) is 0 Å². The molecule has 0 aliphatic carbocycles. The fraction of sp³-hybridized carbons (Fsp3) is 0.273. The Hall–Kier alpha value is -3.06. The van der Waals surface area contributed by atoms with Crippen LogP contribution in [0.3, 0.4) is 0 Å². The van der Waals surface area contributed by atoms with Gasteiger partial charge in [-0.15, -0.1) is 5.10 Å². The molecule has 0 saturated heterocycles. The average molecular weight is 410 g/mol. The zero-order valence-electron chi connectivity index (χ0n) is 16.8. The molecule has 0 fully saturated rings. The smallest absolute Gasteiger partial charge is 0.272 e. The molecule has 0 aliphatic heterocycles. The maximum Gasteiger partial charge on any atom is 0.272 e. The minimum absolute atomic E-state index is 0.0718. The van der Waals surface area contributed by atoms with E-state index >= 15 is 0 Å². The number of ether oxygens (including phenoxy) is 2. The molecule has 1 atom stereocenters. The van der Waals surface area contributed by atoms with E-state index in [-0.39, 0.29) is 11.5 Å². The van der Waals surface area contributed by atoms with Gasteiger partial charge in [-0.05, 0) is 30.5 Å². The molecule has 1 unspecified atom stereocenters. The minimum Gasteiger partial charge on any atom is -0.497 e. The highest BCUT2D eigenvalue weighted by Gasteiger charge is 2.24. The Morgan fingerprint density at radius 2 is 1.90 bits per heavy atom. The lowest BCUT2D eigenvalue weighted by Crippen LogP contribution is -2.25. The second-order valence-corrected chi connectivity index (χ2v) is 8.25. The lowest BCUT2D eigenvalue weighted by molar-refractivity contribution is 0.174. The predicted molar refractivity (Wildman–Crippen MR) is 115 cm³/mol. The third-order valence-corrected chi connectivity index (χ3v) is 5.86. The van der Waals surface area contributed by atoms with E-state index in [1.165, 1.54) is 11.5 Å². The van der Waals surface area contributed by atoms with E-state index in [0.717, 1.165) is 27.3 Å². The molecule has 0 radical (unpaired) electrons. The predicted octanol–water partition coefficient (Wildman–Crippen LogP) is 4.85. The van der Waals surface area contributed by atoms with Crippen molar-refractivity contribution in [2.75, 3.05) is 7.11 Å². The number of methoxy groups -OCH3 is 1. The Kier molecular flexibility index (Phi) is 5.15. The highest BCUT2D eigenvalue weighted by molar-refractivity contribution is 7.14. The third-order valence-electron chi connectivity index (χ3n) is 4.79. The molecule has 0 amide bonds. The molecule has 7 heteroatoms. The number of aryl methyl sites for hydroxylation is 1. The van der Waals surface area contributed by atoms with Gasteiger partial charge in [-0.25, -0.2) is 3.96 Å². The molecule has 29 heavy (non-hydrogen) atoms. The molecule has 1 N–H and O–H groups in total. The molecule has 2 aromatic carbocycles. The van der Waals surface area contributed by atoms with Crippen molar-refractivity contribution in [3.8, 4) is 11.6 Å². The molecule has 2 heterocycles. The van der Waals surface area contributed by atoms with Crippen molar-refractivity contribution in [2.24, 2.45) is 0 Å². The van der Waals surface area contributed by atoms with Gasteiger partial charge in [-0.1, -0.05) is 55.7 Å². The number of rotatable bonds is 6. The monoisotopic (exact) mass is 409 g/mol. The van der Waals surface area contributed by atoms with Crippen LogP contribution < -0.4 is 15.0 Å². The van der Waals surface area contributed by atoms with Crippen LogP contribution in [0.15, 0.2) is 53.3 Å². The molecule has 0 bridgehead atoms. The number of H-pyrrole nitrogens is 1. The van der Waals surface area contributed by atoms with Gasteiger partial charge in [0.05, 0.1) is 17.2 Å². The van der Waals surface area contributed by atoms with Gasteiger partial charge in [-0.2, -0.15) is 0 Å². The van der Waals surface area contributed by atoms with Crippen LogP contribution in [0.25, 0.3) is 10.1 Å². The van der Waals surface area contributed by atoms with Crippen LogP contribution in [0.2, 0.25) is 0 Å². The summed E-state index contributed by atoms with van der Waals surface area (Å²) in [5.41, 5.74) is 2.67. The van der Waals surface area contributed by atoms with Gasteiger partial charge in [0.2, 0.25) is 12.1 Å². The third kappa shape index (κ3) is 3.65. The van der Waals surface area contributed by atoms with Crippen molar-refractivity contribution in [1.29, 1.82) is 0 Å². The summed E-state index contributed by atoms with van der Waals surface area (Å²) in [6.07, 6.45) is -0.616. The van der Waals surface area contributed by atoms with Gasteiger partial charge in [0.1, 0.15) is 5.75 Å². The van der Waals surface area contributed by atoms with Crippen LogP contribution in [0, 0.1) is 6.92 Å². The SMILES string of the molecule is COc1cc(C(C)C)c2c(=O)n(C(Oc3cc(C)[nH]n3)c3ccccc3)sc2c1. The quantitative estimate of drug-likeness (QED) is 0.494. The molecule has 2 aromatic heterocycles. The van der Waals surface area contributed by atoms with Crippen molar-refractivity contribution in [2.45, 2.75) is 32.9 Å². The highest BCUT2D eigenvalue weighted by atomic mass is 32.1. The Balaban J connectivity index is 1.91. The number of benzene rings is 2. The summed E-state index contributed by atoms with van der Waals surface area (Å²) in [5.74, 6) is 1.38. The molecule has 0 aliphatic rings. The standard InChI is InChI=1S/C22H23N3O3S/c1-13(2)17-11-16(27-4)12-18-20(17)21(26)25(29-18)22(15-8-6-5-7-9-15)28-19-10-14(3)23-24-19/h5-13,22H,1-4H3,(H,23,24). The summed E-state index contributed by atoms with van der Waals surface area (Å²) in [6.45, 7) is 6.06. The first-order chi connectivity index (χ1) is 14.0. The lowest BCUT2D eigenvalue weighted by Gasteiger charge is -2.18. The molecule has 4 aromatic rings. The van der Waals surface area contributed by atoms with Crippen LogP contribution in [-0.4, -0.2) is 21.3 Å². The fourth-order valence-corrected chi connectivity index (χ4v) is 4.45. The Morgan fingerprint density at radius 3 is 2.52 bits per heavy atom. The van der Waals surface area contributed by atoms with Gasteiger partial charge >= 0.3 is 0 Å². The van der Waals surface area contributed by atoms with Gasteiger partial charge in [0.25, 0.3) is 5.56 Å². The van der Waals surface area contributed by atoms with Crippen LogP contribution >= 0.6 is 11.5 Å². The van der Waals surface area contributed by atoms with E-state index < -0.39 is 6.23 Å². The van der Waals surface area contributed by atoms with Gasteiger partial charge in [0, 0.05) is 17.3 Å². The number of aromatic nitrogens is 3. The summed E-state index contributed by atoms with van der Waals surface area (Å²) in [5, 5.41) is 7.78. The van der Waals surface area contributed by atoms with Crippen LogP contribution in [0.1, 0.15) is 42.8 Å². The Morgan fingerprint density at radius 1 is 1.14 bits per heavy atom. The van der Waals surface area contributed by atoms with Gasteiger partial charge < -0.3 is 9.47 Å². The molecule has 150 valence electrons. The first-order valence-corrected chi connectivity index (χ1v) is 10.2. The molecule has 4 rings (SSSR count). The van der Waals surface area contributed by atoms with Crippen molar-refractivity contribution < 1.29 is 9.47 Å². The average Bonchev–Trinajstić information content (AvgIpc) is 3.28. The van der Waals surface area contributed by atoms with Crippen LogP contribution in [0.4, 0.5) is 0 Å². The Labute approximate surface area is 172 Å². The first kappa shape index (κ1) is 19.3. The second kappa shape index (κ2) is 7.75. The highest BCUT2D eigenvalue weighted by Crippen LogP contribution is 2.33. The molecule has 0 spiro atoms. The zero-order chi connectivity index (χ0) is 20.5. The maximum absolute atomic E-state index is 13.5. The largest absolute Gasteiger partial charge is 0.497 e. The fourth-order valence-electron chi connectivity index (χ4n) is 3.33. The normalized spacial score (nSPS) is 12.4. The van der Waals surface area contributed by atoms with E-state index in [1.807, 2.05) is 55.5 Å².